The highest BCUT2D eigenvalue weighted by atomic mass is 16.5. The summed E-state index contributed by atoms with van der Waals surface area (Å²) in [4.78, 5) is 25.9. The minimum absolute atomic E-state index is 0.0482. The molecule has 1 saturated carbocycles. The van der Waals surface area contributed by atoms with Gasteiger partial charge in [-0.05, 0) is 38.0 Å². The van der Waals surface area contributed by atoms with Gasteiger partial charge < -0.3 is 15.0 Å². The minimum Gasteiger partial charge on any atom is -0.380 e. The van der Waals surface area contributed by atoms with Crippen molar-refractivity contribution in [3.63, 3.8) is 0 Å². The van der Waals surface area contributed by atoms with E-state index in [0.29, 0.717) is 31.6 Å². The third kappa shape index (κ3) is 3.51. The molecule has 5 heteroatoms. The van der Waals surface area contributed by atoms with E-state index in [1.165, 1.54) is 0 Å². The molecule has 1 heterocycles. The lowest BCUT2D eigenvalue weighted by atomic mass is 9.91. The number of ether oxygens (including phenoxy) is 1. The molecule has 114 valence electrons. The molecule has 0 spiro atoms. The number of amides is 2. The fourth-order valence-corrected chi connectivity index (χ4v) is 2.67. The summed E-state index contributed by atoms with van der Waals surface area (Å²) in [6, 6.07) is 0. The largest absolute Gasteiger partial charge is 0.380 e. The fourth-order valence-electron chi connectivity index (χ4n) is 2.67. The number of carbonyl (C=O) groups excluding carboxylic acids is 2. The number of nitrogens with one attached hydrogen (secondary N) is 1. The van der Waals surface area contributed by atoms with Crippen molar-refractivity contribution >= 4 is 11.8 Å². The molecule has 0 radical (unpaired) electrons. The van der Waals surface area contributed by atoms with Crippen LogP contribution in [0.1, 0.15) is 40.0 Å². The molecule has 1 saturated heterocycles. The molecule has 1 aliphatic heterocycles. The van der Waals surface area contributed by atoms with Crippen LogP contribution in [-0.2, 0) is 14.3 Å². The van der Waals surface area contributed by atoms with Gasteiger partial charge in [0.2, 0.25) is 11.8 Å². The van der Waals surface area contributed by atoms with Crippen LogP contribution in [0.25, 0.3) is 0 Å². The summed E-state index contributed by atoms with van der Waals surface area (Å²) in [6.07, 6.45) is 3.08. The number of hydrogen-bond donors (Lipinski definition) is 1. The van der Waals surface area contributed by atoms with E-state index in [9.17, 15) is 9.59 Å². The average Bonchev–Trinajstić information content (AvgIpc) is 3.18. The quantitative estimate of drug-likeness (QED) is 0.713. The van der Waals surface area contributed by atoms with Crippen LogP contribution in [0, 0.1) is 11.8 Å². The molecule has 0 aromatic carbocycles. The Bertz CT molecular complexity index is 379. The van der Waals surface area contributed by atoms with Gasteiger partial charge in [-0.3, -0.25) is 9.59 Å². The van der Waals surface area contributed by atoms with Crippen LogP contribution in [0.15, 0.2) is 0 Å². The van der Waals surface area contributed by atoms with Crippen molar-refractivity contribution in [3.8, 4) is 0 Å². The van der Waals surface area contributed by atoms with Crippen LogP contribution < -0.4 is 5.32 Å². The van der Waals surface area contributed by atoms with Crippen molar-refractivity contribution in [3.05, 3.63) is 0 Å². The zero-order chi connectivity index (χ0) is 14.8. The topological polar surface area (TPSA) is 58.6 Å². The summed E-state index contributed by atoms with van der Waals surface area (Å²) in [6.45, 7) is 8.06. The third-order valence-corrected chi connectivity index (χ3v) is 4.20. The lowest BCUT2D eigenvalue weighted by Gasteiger charge is -2.40. The van der Waals surface area contributed by atoms with E-state index in [1.54, 1.807) is 4.90 Å². The van der Waals surface area contributed by atoms with Gasteiger partial charge in [-0.15, -0.1) is 0 Å². The molecule has 0 aromatic heterocycles. The number of hydrogen-bond acceptors (Lipinski definition) is 3. The number of rotatable bonds is 7. The molecule has 0 bridgehead atoms. The van der Waals surface area contributed by atoms with Crippen molar-refractivity contribution in [2.45, 2.75) is 45.6 Å². The van der Waals surface area contributed by atoms with Crippen LogP contribution in [-0.4, -0.2) is 48.6 Å². The standard InChI is InChI=1S/C15H26N2O3/c1-11(2)6-8-20-9-7-17-10-13(18)16-15(3,14(17)19)12-4-5-12/h11-12H,4-10H2,1-3H3,(H,16,18). The Morgan fingerprint density at radius 3 is 2.65 bits per heavy atom. The van der Waals surface area contributed by atoms with Gasteiger partial charge in [0, 0.05) is 13.2 Å². The zero-order valence-corrected chi connectivity index (χ0v) is 12.8. The van der Waals surface area contributed by atoms with Crippen LogP contribution in [0.4, 0.5) is 0 Å². The van der Waals surface area contributed by atoms with E-state index in [4.69, 9.17) is 4.74 Å². The second-order valence-corrected chi connectivity index (χ2v) is 6.55. The highest BCUT2D eigenvalue weighted by Gasteiger charge is 2.52. The third-order valence-electron chi connectivity index (χ3n) is 4.20. The van der Waals surface area contributed by atoms with Crippen LogP contribution in [0.5, 0.6) is 0 Å². The van der Waals surface area contributed by atoms with E-state index < -0.39 is 5.54 Å². The predicted molar refractivity (Wildman–Crippen MR) is 76.1 cm³/mol. The van der Waals surface area contributed by atoms with Gasteiger partial charge in [-0.1, -0.05) is 13.8 Å². The lowest BCUT2D eigenvalue weighted by Crippen LogP contribution is -2.66. The lowest BCUT2D eigenvalue weighted by molar-refractivity contribution is -0.150. The summed E-state index contributed by atoms with van der Waals surface area (Å²) >= 11 is 0. The SMILES string of the molecule is CC(C)CCOCCN1CC(=O)NC(C)(C2CC2)C1=O. The summed E-state index contributed by atoms with van der Waals surface area (Å²) in [5.41, 5.74) is -0.687. The molecular weight excluding hydrogens is 256 g/mol. The molecule has 1 unspecified atom stereocenters. The molecule has 2 fully saturated rings. The highest BCUT2D eigenvalue weighted by Crippen LogP contribution is 2.41. The Morgan fingerprint density at radius 1 is 1.35 bits per heavy atom. The molecule has 1 N–H and O–H groups in total. The molecule has 2 rings (SSSR count). The first-order valence-corrected chi connectivity index (χ1v) is 7.61. The molecule has 20 heavy (non-hydrogen) atoms. The van der Waals surface area contributed by atoms with E-state index in [1.807, 2.05) is 6.92 Å². The maximum absolute atomic E-state index is 12.5. The zero-order valence-electron chi connectivity index (χ0n) is 12.8. The van der Waals surface area contributed by atoms with Gasteiger partial charge in [0.05, 0.1) is 13.2 Å². The van der Waals surface area contributed by atoms with E-state index in [2.05, 4.69) is 19.2 Å². The van der Waals surface area contributed by atoms with E-state index in [-0.39, 0.29) is 18.4 Å². The average molecular weight is 282 g/mol. The summed E-state index contributed by atoms with van der Waals surface area (Å²) in [5, 5.41) is 2.88. The van der Waals surface area contributed by atoms with E-state index >= 15 is 0 Å². The normalized spacial score (nSPS) is 27.1. The molecule has 1 aliphatic carbocycles. The molecule has 5 nitrogen and oxygen atoms in total. The number of piperazine rings is 1. The first-order valence-electron chi connectivity index (χ1n) is 7.61. The smallest absolute Gasteiger partial charge is 0.248 e. The van der Waals surface area contributed by atoms with Gasteiger partial charge in [-0.25, -0.2) is 0 Å². The van der Waals surface area contributed by atoms with Gasteiger partial charge >= 0.3 is 0 Å². The molecule has 2 amide bonds. The van der Waals surface area contributed by atoms with Crippen molar-refractivity contribution in [1.29, 1.82) is 0 Å². The number of nitrogens with zero attached hydrogens (tertiary/aromatic N) is 1. The number of carbonyl (C=O) groups is 2. The Labute approximate surface area is 121 Å². The Kier molecular flexibility index (Phi) is 4.68. The monoisotopic (exact) mass is 282 g/mol. The Morgan fingerprint density at radius 2 is 2.05 bits per heavy atom. The minimum atomic E-state index is -0.687. The maximum Gasteiger partial charge on any atom is 0.248 e. The van der Waals surface area contributed by atoms with Crippen molar-refractivity contribution in [2.24, 2.45) is 11.8 Å². The Hall–Kier alpha value is -1.10. The predicted octanol–water partition coefficient (Wildman–Crippen LogP) is 1.18. The van der Waals surface area contributed by atoms with Gasteiger partial charge in [0.15, 0.2) is 0 Å². The van der Waals surface area contributed by atoms with Crippen LogP contribution >= 0.6 is 0 Å². The van der Waals surface area contributed by atoms with Crippen molar-refractivity contribution in [1.82, 2.24) is 10.2 Å². The summed E-state index contributed by atoms with van der Waals surface area (Å²) < 4.78 is 5.55. The summed E-state index contributed by atoms with van der Waals surface area (Å²) in [5.74, 6) is 0.924. The first-order chi connectivity index (χ1) is 9.43. The summed E-state index contributed by atoms with van der Waals surface area (Å²) in [7, 11) is 0. The molecule has 2 aliphatic rings. The van der Waals surface area contributed by atoms with Gasteiger partial charge in [0.25, 0.3) is 0 Å². The second kappa shape index (κ2) is 6.12. The molecule has 0 aromatic rings. The first kappa shape index (κ1) is 15.3. The second-order valence-electron chi connectivity index (χ2n) is 6.55. The van der Waals surface area contributed by atoms with Crippen LogP contribution in [0.3, 0.4) is 0 Å². The molecule has 1 atom stereocenters. The molecular formula is C15H26N2O3. The van der Waals surface area contributed by atoms with Gasteiger partial charge in [0.1, 0.15) is 5.54 Å². The van der Waals surface area contributed by atoms with E-state index in [0.717, 1.165) is 19.3 Å². The van der Waals surface area contributed by atoms with Crippen LogP contribution in [0.2, 0.25) is 0 Å². The highest BCUT2D eigenvalue weighted by molar-refractivity contribution is 5.98. The van der Waals surface area contributed by atoms with Gasteiger partial charge in [-0.2, -0.15) is 0 Å². The van der Waals surface area contributed by atoms with Crippen molar-refractivity contribution < 1.29 is 14.3 Å². The Balaban J connectivity index is 1.81. The maximum atomic E-state index is 12.5. The van der Waals surface area contributed by atoms with Crippen molar-refractivity contribution in [2.75, 3.05) is 26.3 Å². The fraction of sp³-hybridized carbons (Fsp3) is 0.867.